The van der Waals surface area contributed by atoms with E-state index in [1.54, 1.807) is 36.4 Å². The van der Waals surface area contributed by atoms with E-state index in [1.807, 2.05) is 6.07 Å². The summed E-state index contributed by atoms with van der Waals surface area (Å²) in [7, 11) is -1.67. The Morgan fingerprint density at radius 1 is 1.21 bits per heavy atom. The van der Waals surface area contributed by atoms with Crippen molar-refractivity contribution < 1.29 is 27.5 Å². The number of nitrogens with zero attached hydrogens (tertiary/aromatic N) is 1. The van der Waals surface area contributed by atoms with Crippen LogP contribution < -0.4 is 14.4 Å². The molecule has 0 aromatic heterocycles. The van der Waals surface area contributed by atoms with Crippen molar-refractivity contribution in [2.75, 3.05) is 30.1 Å². The van der Waals surface area contributed by atoms with Crippen LogP contribution >= 0.6 is 0 Å². The van der Waals surface area contributed by atoms with E-state index >= 15 is 0 Å². The summed E-state index contributed by atoms with van der Waals surface area (Å²) in [5.74, 6) is 0.374. The highest BCUT2D eigenvalue weighted by molar-refractivity contribution is 7.91. The Morgan fingerprint density at radius 2 is 1.96 bits per heavy atom. The van der Waals surface area contributed by atoms with Crippen LogP contribution in [-0.4, -0.2) is 51.9 Å². The zero-order chi connectivity index (χ0) is 20.1. The number of amides is 1. The Labute approximate surface area is 163 Å². The van der Waals surface area contributed by atoms with E-state index in [2.05, 4.69) is 0 Å². The maximum atomic E-state index is 12.9. The van der Waals surface area contributed by atoms with Gasteiger partial charge in [-0.1, -0.05) is 18.2 Å². The Balaban J connectivity index is 1.80. The molecule has 7 nitrogen and oxygen atoms in total. The first-order valence-corrected chi connectivity index (χ1v) is 10.6. The molecule has 1 aliphatic heterocycles. The Hall–Kier alpha value is -2.87. The van der Waals surface area contributed by atoms with Crippen LogP contribution in [0.15, 0.2) is 48.5 Å². The number of rotatable bonds is 7. The molecule has 1 aliphatic rings. The summed E-state index contributed by atoms with van der Waals surface area (Å²) in [5, 5.41) is 0. The van der Waals surface area contributed by atoms with Gasteiger partial charge in [0.2, 0.25) is 0 Å². The molecule has 148 valence electrons. The van der Waals surface area contributed by atoms with Crippen LogP contribution in [-0.2, 0) is 14.6 Å². The predicted molar refractivity (Wildman–Crippen MR) is 105 cm³/mol. The summed E-state index contributed by atoms with van der Waals surface area (Å²) in [6.45, 7) is -0.321. The van der Waals surface area contributed by atoms with Crippen molar-refractivity contribution in [3.05, 3.63) is 54.1 Å². The molecule has 0 aliphatic carbocycles. The van der Waals surface area contributed by atoms with Gasteiger partial charge in [0.25, 0.3) is 5.91 Å². The van der Waals surface area contributed by atoms with E-state index < -0.39 is 15.9 Å². The van der Waals surface area contributed by atoms with Gasteiger partial charge in [0.05, 0.1) is 30.2 Å². The average Bonchev–Trinajstić information content (AvgIpc) is 3.06. The summed E-state index contributed by atoms with van der Waals surface area (Å²) in [5.41, 5.74) is 0.880. The number of aldehydes is 1. The van der Waals surface area contributed by atoms with Crippen molar-refractivity contribution in [3.63, 3.8) is 0 Å². The first-order chi connectivity index (χ1) is 13.4. The van der Waals surface area contributed by atoms with Gasteiger partial charge in [-0.15, -0.1) is 0 Å². The molecule has 3 rings (SSSR count). The summed E-state index contributed by atoms with van der Waals surface area (Å²) in [4.78, 5) is 25.7. The minimum Gasteiger partial charge on any atom is -0.497 e. The third-order valence-corrected chi connectivity index (χ3v) is 6.32. The Bertz CT molecular complexity index is 958. The molecular formula is C20H21NO6S. The van der Waals surface area contributed by atoms with Crippen LogP contribution in [0, 0.1) is 0 Å². The molecule has 8 heteroatoms. The minimum absolute atomic E-state index is 0.0584. The lowest BCUT2D eigenvalue weighted by atomic mass is 10.1. The highest BCUT2D eigenvalue weighted by Gasteiger charge is 2.35. The highest BCUT2D eigenvalue weighted by atomic mass is 32.2. The number of anilines is 1. The zero-order valence-electron chi connectivity index (χ0n) is 15.4. The van der Waals surface area contributed by atoms with Gasteiger partial charge in [-0.2, -0.15) is 0 Å². The Morgan fingerprint density at radius 3 is 2.57 bits per heavy atom. The number of hydrogen-bond donors (Lipinski definition) is 0. The molecule has 1 saturated heterocycles. The number of hydrogen-bond acceptors (Lipinski definition) is 6. The number of methoxy groups -OCH3 is 1. The molecule has 28 heavy (non-hydrogen) atoms. The van der Waals surface area contributed by atoms with Gasteiger partial charge in [-0.05, 0) is 36.8 Å². The van der Waals surface area contributed by atoms with Gasteiger partial charge in [-0.25, -0.2) is 8.42 Å². The normalized spacial score (nSPS) is 17.7. The van der Waals surface area contributed by atoms with Gasteiger partial charge in [0, 0.05) is 5.69 Å². The molecule has 1 atom stereocenters. The van der Waals surface area contributed by atoms with E-state index in [1.165, 1.54) is 18.1 Å². The van der Waals surface area contributed by atoms with Crippen molar-refractivity contribution in [2.24, 2.45) is 0 Å². The lowest BCUT2D eigenvalue weighted by Crippen LogP contribution is -2.43. The minimum atomic E-state index is -3.16. The fourth-order valence-corrected chi connectivity index (χ4v) is 4.91. The summed E-state index contributed by atoms with van der Waals surface area (Å²) >= 11 is 0. The molecule has 1 fully saturated rings. The van der Waals surface area contributed by atoms with Gasteiger partial charge >= 0.3 is 0 Å². The van der Waals surface area contributed by atoms with Crippen LogP contribution in [0.5, 0.6) is 11.5 Å². The molecule has 0 spiro atoms. The van der Waals surface area contributed by atoms with Gasteiger partial charge < -0.3 is 14.4 Å². The monoisotopic (exact) mass is 403 g/mol. The van der Waals surface area contributed by atoms with Crippen molar-refractivity contribution in [1.82, 2.24) is 0 Å². The SMILES string of the molecule is COc1ccc(OCC(=O)N(c2ccccc2)[C@H]2CCS(=O)(=O)C2)c(C=O)c1. The molecule has 0 radical (unpaired) electrons. The average molecular weight is 403 g/mol. The van der Waals surface area contributed by atoms with E-state index in [-0.39, 0.29) is 35.3 Å². The first-order valence-electron chi connectivity index (χ1n) is 8.77. The fraction of sp³-hybridized carbons (Fsp3) is 0.300. The molecular weight excluding hydrogens is 382 g/mol. The van der Waals surface area contributed by atoms with Crippen LogP contribution in [0.4, 0.5) is 5.69 Å². The van der Waals surface area contributed by atoms with Crippen LogP contribution in [0.1, 0.15) is 16.8 Å². The molecule has 1 amide bonds. The predicted octanol–water partition coefficient (Wildman–Crippen LogP) is 2.11. The third kappa shape index (κ3) is 4.51. The van der Waals surface area contributed by atoms with Crippen molar-refractivity contribution in [1.29, 1.82) is 0 Å². The van der Waals surface area contributed by atoms with Crippen LogP contribution in [0.2, 0.25) is 0 Å². The van der Waals surface area contributed by atoms with E-state index in [9.17, 15) is 18.0 Å². The maximum absolute atomic E-state index is 12.9. The highest BCUT2D eigenvalue weighted by Crippen LogP contribution is 2.26. The Kier molecular flexibility index (Phi) is 5.99. The molecule has 1 heterocycles. The largest absolute Gasteiger partial charge is 0.497 e. The lowest BCUT2D eigenvalue weighted by molar-refractivity contribution is -0.121. The third-order valence-electron chi connectivity index (χ3n) is 4.57. The van der Waals surface area contributed by atoms with Gasteiger partial charge in [-0.3, -0.25) is 9.59 Å². The fourth-order valence-electron chi connectivity index (χ4n) is 3.21. The van der Waals surface area contributed by atoms with Crippen LogP contribution in [0.3, 0.4) is 0 Å². The molecule has 0 N–H and O–H groups in total. The summed E-state index contributed by atoms with van der Waals surface area (Å²) < 4.78 is 34.5. The zero-order valence-corrected chi connectivity index (χ0v) is 16.2. The molecule has 2 aromatic rings. The lowest BCUT2D eigenvalue weighted by Gasteiger charge is -2.28. The van der Waals surface area contributed by atoms with E-state index in [0.717, 1.165) is 0 Å². The first kappa shape index (κ1) is 19.9. The number of carbonyl (C=O) groups excluding carboxylic acids is 2. The maximum Gasteiger partial charge on any atom is 0.265 e. The summed E-state index contributed by atoms with van der Waals surface area (Å²) in [6.07, 6.45) is 1.01. The van der Waals surface area contributed by atoms with Crippen molar-refractivity contribution in [2.45, 2.75) is 12.5 Å². The van der Waals surface area contributed by atoms with Gasteiger partial charge in [0.15, 0.2) is 22.7 Å². The molecule has 2 aromatic carbocycles. The van der Waals surface area contributed by atoms with Crippen molar-refractivity contribution >= 4 is 27.7 Å². The quantitative estimate of drug-likeness (QED) is 0.658. The number of ether oxygens (including phenoxy) is 2. The second-order valence-corrected chi connectivity index (χ2v) is 8.70. The van der Waals surface area contributed by atoms with E-state index in [0.29, 0.717) is 24.1 Å². The second kappa shape index (κ2) is 8.43. The second-order valence-electron chi connectivity index (χ2n) is 6.47. The number of para-hydroxylation sites is 1. The topological polar surface area (TPSA) is 90.0 Å². The van der Waals surface area contributed by atoms with Crippen LogP contribution in [0.25, 0.3) is 0 Å². The van der Waals surface area contributed by atoms with E-state index in [4.69, 9.17) is 9.47 Å². The molecule has 0 saturated carbocycles. The number of carbonyl (C=O) groups is 2. The number of benzene rings is 2. The van der Waals surface area contributed by atoms with Gasteiger partial charge in [0.1, 0.15) is 11.5 Å². The smallest absolute Gasteiger partial charge is 0.265 e. The van der Waals surface area contributed by atoms with Crippen molar-refractivity contribution in [3.8, 4) is 11.5 Å². The molecule has 0 unspecified atom stereocenters. The summed E-state index contributed by atoms with van der Waals surface area (Å²) in [6, 6.07) is 13.2. The number of sulfone groups is 1. The molecule has 0 bridgehead atoms. The standard InChI is InChI=1S/C20H21NO6S/c1-26-18-7-8-19(15(11-18)12-22)27-13-20(23)21(16-5-3-2-4-6-16)17-9-10-28(24,25)14-17/h2-8,11-12,17H,9-10,13-14H2,1H3/t17-/m0/s1.